The highest BCUT2D eigenvalue weighted by atomic mass is 35.5. The molecule has 0 aliphatic carbocycles. The minimum Gasteiger partial charge on any atom is -0.507 e. The molecule has 1 unspecified atom stereocenters. The maximum Gasteiger partial charge on any atom is 0.301 e. The maximum atomic E-state index is 13.3. The number of fused-ring (bicyclic) bond motifs is 1. The summed E-state index contributed by atoms with van der Waals surface area (Å²) in [5.41, 5.74) is 2.69. The van der Waals surface area contributed by atoms with Gasteiger partial charge < -0.3 is 9.84 Å². The molecule has 1 atom stereocenters. The predicted molar refractivity (Wildman–Crippen MR) is 134 cm³/mol. The molecule has 1 aromatic heterocycles. The number of hydrogen-bond donors (Lipinski definition) is 1. The number of ether oxygens (including phenoxy) is 1. The molecular weight excluding hydrogens is 472 g/mol. The van der Waals surface area contributed by atoms with Crippen LogP contribution in [0.5, 0.6) is 5.75 Å². The Kier molecular flexibility index (Phi) is 5.59. The van der Waals surface area contributed by atoms with E-state index in [-0.39, 0.29) is 11.3 Å². The van der Waals surface area contributed by atoms with Crippen molar-refractivity contribution in [3.63, 3.8) is 0 Å². The van der Waals surface area contributed by atoms with Gasteiger partial charge >= 0.3 is 5.91 Å². The minimum atomic E-state index is -0.846. The molecule has 34 heavy (non-hydrogen) atoms. The van der Waals surface area contributed by atoms with E-state index in [1.54, 1.807) is 43.5 Å². The largest absolute Gasteiger partial charge is 0.507 e. The van der Waals surface area contributed by atoms with Gasteiger partial charge in [-0.3, -0.25) is 14.5 Å². The van der Waals surface area contributed by atoms with Crippen LogP contribution in [0, 0.1) is 6.92 Å². The molecule has 1 fully saturated rings. The molecule has 1 aliphatic rings. The van der Waals surface area contributed by atoms with E-state index in [4.69, 9.17) is 16.3 Å². The molecule has 1 N–H and O–H groups in total. The molecule has 170 valence electrons. The van der Waals surface area contributed by atoms with Crippen molar-refractivity contribution in [2.24, 2.45) is 0 Å². The van der Waals surface area contributed by atoms with E-state index in [1.165, 1.54) is 16.2 Å². The number of aliphatic hydroxyl groups is 1. The van der Waals surface area contributed by atoms with Gasteiger partial charge in [0, 0.05) is 10.6 Å². The van der Waals surface area contributed by atoms with Crippen molar-refractivity contribution >= 4 is 55.7 Å². The molecule has 8 heteroatoms. The zero-order chi connectivity index (χ0) is 24.0. The molecule has 1 aliphatic heterocycles. The topological polar surface area (TPSA) is 79.7 Å². The Labute approximate surface area is 204 Å². The van der Waals surface area contributed by atoms with E-state index in [1.807, 2.05) is 37.3 Å². The smallest absolute Gasteiger partial charge is 0.301 e. The van der Waals surface area contributed by atoms with Gasteiger partial charge in [-0.25, -0.2) is 4.98 Å². The van der Waals surface area contributed by atoms with Crippen molar-refractivity contribution in [1.29, 1.82) is 0 Å². The monoisotopic (exact) mass is 490 g/mol. The number of thiazole rings is 1. The second-order valence-electron chi connectivity index (χ2n) is 7.92. The number of benzene rings is 3. The molecule has 1 saturated heterocycles. The van der Waals surface area contributed by atoms with Crippen LogP contribution in [0.1, 0.15) is 22.7 Å². The Hall–Kier alpha value is -3.68. The number of anilines is 1. The zero-order valence-corrected chi connectivity index (χ0v) is 19.9. The molecule has 0 radical (unpaired) electrons. The van der Waals surface area contributed by atoms with Gasteiger partial charge in [0.2, 0.25) is 0 Å². The number of hydrogen-bond acceptors (Lipinski definition) is 6. The summed E-state index contributed by atoms with van der Waals surface area (Å²) in [6.07, 6.45) is 0. The molecule has 4 aromatic rings. The van der Waals surface area contributed by atoms with Gasteiger partial charge in [0.1, 0.15) is 11.5 Å². The lowest BCUT2D eigenvalue weighted by atomic mass is 9.94. The number of methoxy groups -OCH3 is 1. The lowest BCUT2D eigenvalue weighted by molar-refractivity contribution is -0.132. The predicted octanol–water partition coefficient (Wildman–Crippen LogP) is 5.89. The second-order valence-corrected chi connectivity index (χ2v) is 9.37. The van der Waals surface area contributed by atoms with Gasteiger partial charge in [0.15, 0.2) is 5.13 Å². The molecular formula is C26H19ClN2O4S. The first-order valence-corrected chi connectivity index (χ1v) is 11.6. The Morgan fingerprint density at radius 2 is 1.88 bits per heavy atom. The third-order valence-corrected chi connectivity index (χ3v) is 6.94. The summed E-state index contributed by atoms with van der Waals surface area (Å²) < 4.78 is 6.11. The molecule has 0 saturated carbocycles. The molecule has 6 nitrogen and oxygen atoms in total. The average molecular weight is 491 g/mol. The van der Waals surface area contributed by atoms with Crippen LogP contribution in [0.2, 0.25) is 5.02 Å². The number of amides is 1. The van der Waals surface area contributed by atoms with E-state index < -0.39 is 17.7 Å². The number of aromatic nitrogens is 1. The lowest BCUT2D eigenvalue weighted by Crippen LogP contribution is -2.29. The van der Waals surface area contributed by atoms with Crippen LogP contribution < -0.4 is 9.64 Å². The number of ketones is 1. The average Bonchev–Trinajstić information content (AvgIpc) is 3.36. The summed E-state index contributed by atoms with van der Waals surface area (Å²) >= 11 is 7.40. The summed E-state index contributed by atoms with van der Waals surface area (Å²) in [7, 11) is 1.58. The highest BCUT2D eigenvalue weighted by Gasteiger charge is 2.48. The van der Waals surface area contributed by atoms with Crippen molar-refractivity contribution < 1.29 is 19.4 Å². The molecule has 1 amide bonds. The Bertz CT molecular complexity index is 1490. The van der Waals surface area contributed by atoms with Crippen molar-refractivity contribution in [2.75, 3.05) is 12.0 Å². The SMILES string of the molecule is COc1ccc2nc(N3C(=O)C(=O)/C(=C(/O)c4cccc(Cl)c4)C3c3cccc(C)c3)sc2c1. The molecule has 2 heterocycles. The maximum absolute atomic E-state index is 13.3. The third kappa shape index (κ3) is 3.73. The quantitative estimate of drug-likeness (QED) is 0.219. The summed E-state index contributed by atoms with van der Waals surface area (Å²) in [5, 5.41) is 12.0. The summed E-state index contributed by atoms with van der Waals surface area (Å²) in [4.78, 5) is 32.6. The normalized spacial score (nSPS) is 17.5. The first-order valence-electron chi connectivity index (χ1n) is 10.5. The van der Waals surface area contributed by atoms with Crippen LogP contribution in [0.4, 0.5) is 5.13 Å². The van der Waals surface area contributed by atoms with Gasteiger partial charge in [-0.15, -0.1) is 0 Å². The summed E-state index contributed by atoms with van der Waals surface area (Å²) in [6.45, 7) is 1.93. The van der Waals surface area contributed by atoms with Crippen LogP contribution in [0.25, 0.3) is 16.0 Å². The number of nitrogens with zero attached hydrogens (tertiary/aromatic N) is 2. The Balaban J connectivity index is 1.73. The number of carbonyl (C=O) groups is 2. The highest BCUT2D eigenvalue weighted by Crippen LogP contribution is 2.44. The van der Waals surface area contributed by atoms with Gasteiger partial charge in [0.25, 0.3) is 5.78 Å². The number of aliphatic hydroxyl groups excluding tert-OH is 1. The van der Waals surface area contributed by atoms with E-state index in [0.717, 1.165) is 10.3 Å². The van der Waals surface area contributed by atoms with Crippen LogP contribution in [-0.4, -0.2) is 28.9 Å². The van der Waals surface area contributed by atoms with Crippen LogP contribution in [0.15, 0.2) is 72.3 Å². The van der Waals surface area contributed by atoms with Crippen LogP contribution in [-0.2, 0) is 9.59 Å². The summed E-state index contributed by atoms with van der Waals surface area (Å²) in [6, 6.07) is 18.6. The molecule has 0 spiro atoms. The number of rotatable bonds is 4. The number of aryl methyl sites for hydroxylation is 1. The highest BCUT2D eigenvalue weighted by molar-refractivity contribution is 7.22. The fourth-order valence-corrected chi connectivity index (χ4v) is 5.31. The molecule has 3 aromatic carbocycles. The summed E-state index contributed by atoms with van der Waals surface area (Å²) in [5.74, 6) is -1.14. The van der Waals surface area contributed by atoms with Gasteiger partial charge in [0.05, 0.1) is 28.9 Å². The Morgan fingerprint density at radius 1 is 1.09 bits per heavy atom. The van der Waals surface area contributed by atoms with Crippen LogP contribution >= 0.6 is 22.9 Å². The van der Waals surface area contributed by atoms with Gasteiger partial charge in [-0.1, -0.05) is 64.9 Å². The third-order valence-electron chi connectivity index (χ3n) is 5.69. The van der Waals surface area contributed by atoms with Crippen molar-refractivity contribution in [3.05, 3.63) is 94.0 Å². The van der Waals surface area contributed by atoms with Crippen LogP contribution in [0.3, 0.4) is 0 Å². The minimum absolute atomic E-state index is 0.00490. The fourth-order valence-electron chi connectivity index (χ4n) is 4.10. The number of carbonyl (C=O) groups excluding carboxylic acids is 2. The fraction of sp³-hybridized carbons (Fsp3) is 0.115. The Morgan fingerprint density at radius 3 is 2.62 bits per heavy atom. The van der Waals surface area contributed by atoms with Crippen molar-refractivity contribution in [3.8, 4) is 5.75 Å². The van der Waals surface area contributed by atoms with E-state index in [0.29, 0.717) is 32.5 Å². The second kappa shape index (κ2) is 8.59. The first-order chi connectivity index (χ1) is 16.4. The standard InChI is InChI=1S/C26H19ClN2O4S/c1-14-5-3-6-15(11-14)22-21(23(30)16-7-4-8-17(27)12-16)24(31)25(32)29(22)26-28-19-10-9-18(33-2)13-20(19)34-26/h3-13,22,30H,1-2H3/b23-21+. The van der Waals surface area contributed by atoms with E-state index in [2.05, 4.69) is 4.98 Å². The number of halogens is 1. The van der Waals surface area contributed by atoms with Gasteiger partial charge in [-0.2, -0.15) is 0 Å². The lowest BCUT2D eigenvalue weighted by Gasteiger charge is -2.23. The molecule has 5 rings (SSSR count). The van der Waals surface area contributed by atoms with Crippen molar-refractivity contribution in [2.45, 2.75) is 13.0 Å². The van der Waals surface area contributed by atoms with Gasteiger partial charge in [-0.05, 0) is 42.8 Å². The van der Waals surface area contributed by atoms with E-state index in [9.17, 15) is 14.7 Å². The molecule has 0 bridgehead atoms. The van der Waals surface area contributed by atoms with E-state index >= 15 is 0 Å². The zero-order valence-electron chi connectivity index (χ0n) is 18.3. The first kappa shape index (κ1) is 22.1. The van der Waals surface area contributed by atoms with Crippen molar-refractivity contribution in [1.82, 2.24) is 4.98 Å². The number of Topliss-reactive ketones (excluding diaryl/α,β-unsaturated/α-hetero) is 1.